The Morgan fingerprint density at radius 3 is 2.23 bits per heavy atom. The van der Waals surface area contributed by atoms with E-state index in [1.165, 1.54) is 12.7 Å². The molecular formula is C28H28N4O3. The van der Waals surface area contributed by atoms with E-state index in [0.29, 0.717) is 24.3 Å². The first-order valence-corrected chi connectivity index (χ1v) is 11.4. The summed E-state index contributed by atoms with van der Waals surface area (Å²) in [7, 11) is 1.47. The van der Waals surface area contributed by atoms with Crippen molar-refractivity contribution in [1.82, 2.24) is 14.7 Å². The third-order valence-corrected chi connectivity index (χ3v) is 5.54. The van der Waals surface area contributed by atoms with Gasteiger partial charge in [-0.2, -0.15) is 5.10 Å². The number of nitrogens with one attached hydrogen (secondary N) is 1. The lowest BCUT2D eigenvalue weighted by atomic mass is 10.1. The first-order chi connectivity index (χ1) is 17.1. The van der Waals surface area contributed by atoms with Crippen LogP contribution >= 0.6 is 0 Å². The highest BCUT2D eigenvalue weighted by molar-refractivity contribution is 5.94. The fourth-order valence-corrected chi connectivity index (χ4v) is 3.76. The molecule has 0 spiro atoms. The Hall–Kier alpha value is -4.23. The van der Waals surface area contributed by atoms with Crippen molar-refractivity contribution in [2.75, 3.05) is 25.6 Å². The predicted octanol–water partition coefficient (Wildman–Crippen LogP) is 4.34. The third kappa shape index (κ3) is 6.65. The molecule has 0 aliphatic rings. The summed E-state index contributed by atoms with van der Waals surface area (Å²) in [5.74, 6) is -0.272. The molecule has 0 fully saturated rings. The molecule has 0 bridgehead atoms. The Bertz CT molecular complexity index is 1240. The minimum atomic E-state index is -0.248. The molecule has 0 unspecified atom stereocenters. The molecule has 0 radical (unpaired) electrons. The first kappa shape index (κ1) is 23.9. The minimum Gasteiger partial charge on any atom is -0.375 e. The molecule has 0 saturated carbocycles. The minimum absolute atomic E-state index is 0.0221. The highest BCUT2D eigenvalue weighted by atomic mass is 16.5. The molecule has 2 amide bonds. The van der Waals surface area contributed by atoms with Crippen LogP contribution in [0.3, 0.4) is 0 Å². The molecule has 1 N–H and O–H groups in total. The zero-order valence-electron chi connectivity index (χ0n) is 19.6. The lowest BCUT2D eigenvalue weighted by molar-refractivity contribution is -0.119. The number of carbonyl (C=O) groups excluding carboxylic acids is 2. The van der Waals surface area contributed by atoms with Crippen molar-refractivity contribution >= 4 is 17.5 Å². The zero-order chi connectivity index (χ0) is 24.5. The summed E-state index contributed by atoms with van der Waals surface area (Å²) in [4.78, 5) is 27.0. The number of hydrogen-bond donors (Lipinski definition) is 1. The van der Waals surface area contributed by atoms with E-state index in [9.17, 15) is 9.59 Å². The van der Waals surface area contributed by atoms with E-state index in [0.717, 1.165) is 17.7 Å². The normalized spacial score (nSPS) is 10.7. The van der Waals surface area contributed by atoms with Crippen LogP contribution in [-0.4, -0.2) is 46.8 Å². The standard InChI is InChI=1S/C28H28N4O3/c1-35-21-27(33)30-25-18-29-32(20-25)26-14-12-24(13-15-26)28(34)31(19-23-10-6-3-7-11-23)17-16-22-8-4-2-5-9-22/h2-15,18,20H,16-17,19,21H2,1H3,(H,30,33). The lowest BCUT2D eigenvalue weighted by Gasteiger charge is -2.23. The quantitative estimate of drug-likeness (QED) is 0.376. The van der Waals surface area contributed by atoms with Crippen molar-refractivity contribution in [2.24, 2.45) is 0 Å². The molecule has 4 rings (SSSR count). The van der Waals surface area contributed by atoms with Gasteiger partial charge in [-0.05, 0) is 41.8 Å². The van der Waals surface area contributed by atoms with Crippen LogP contribution in [0.5, 0.6) is 0 Å². The van der Waals surface area contributed by atoms with Crippen LogP contribution < -0.4 is 5.32 Å². The fraction of sp³-hybridized carbons (Fsp3) is 0.179. The van der Waals surface area contributed by atoms with Gasteiger partial charge in [0, 0.05) is 25.8 Å². The number of amides is 2. The molecule has 1 aromatic heterocycles. The number of anilines is 1. The average Bonchev–Trinajstić information content (AvgIpc) is 3.36. The van der Waals surface area contributed by atoms with Gasteiger partial charge in [0.25, 0.3) is 5.91 Å². The number of nitrogens with zero attached hydrogens (tertiary/aromatic N) is 3. The summed E-state index contributed by atoms with van der Waals surface area (Å²) in [6, 6.07) is 27.5. The fourth-order valence-electron chi connectivity index (χ4n) is 3.76. The van der Waals surface area contributed by atoms with Gasteiger partial charge in [0.15, 0.2) is 0 Å². The summed E-state index contributed by atoms with van der Waals surface area (Å²) in [6.45, 7) is 1.13. The summed E-state index contributed by atoms with van der Waals surface area (Å²) >= 11 is 0. The third-order valence-electron chi connectivity index (χ3n) is 5.54. The SMILES string of the molecule is COCC(=O)Nc1cnn(-c2ccc(C(=O)N(CCc3ccccc3)Cc3ccccc3)cc2)c1. The summed E-state index contributed by atoms with van der Waals surface area (Å²) < 4.78 is 6.47. The van der Waals surface area contributed by atoms with E-state index in [4.69, 9.17) is 4.74 Å². The molecule has 7 heteroatoms. The molecule has 1 heterocycles. The molecule has 7 nitrogen and oxygen atoms in total. The van der Waals surface area contributed by atoms with Crippen LogP contribution in [0.2, 0.25) is 0 Å². The molecular weight excluding hydrogens is 440 g/mol. The largest absolute Gasteiger partial charge is 0.375 e. The number of hydrogen-bond acceptors (Lipinski definition) is 4. The van der Waals surface area contributed by atoms with Crippen molar-refractivity contribution in [2.45, 2.75) is 13.0 Å². The number of aromatic nitrogens is 2. The van der Waals surface area contributed by atoms with Gasteiger partial charge in [-0.25, -0.2) is 4.68 Å². The second-order valence-electron chi connectivity index (χ2n) is 8.15. The number of benzene rings is 3. The Labute approximate surface area is 205 Å². The van der Waals surface area contributed by atoms with E-state index in [1.807, 2.05) is 77.7 Å². The second-order valence-corrected chi connectivity index (χ2v) is 8.15. The maximum atomic E-state index is 13.4. The molecule has 0 aliphatic carbocycles. The average molecular weight is 469 g/mol. The van der Waals surface area contributed by atoms with E-state index in [-0.39, 0.29) is 18.4 Å². The molecule has 0 atom stereocenters. The molecule has 3 aromatic carbocycles. The van der Waals surface area contributed by atoms with Gasteiger partial charge in [-0.15, -0.1) is 0 Å². The second kappa shape index (κ2) is 11.8. The van der Waals surface area contributed by atoms with Crippen LogP contribution in [0.15, 0.2) is 97.3 Å². The van der Waals surface area contributed by atoms with Crippen LogP contribution in [0.1, 0.15) is 21.5 Å². The van der Waals surface area contributed by atoms with E-state index in [2.05, 4.69) is 22.5 Å². The van der Waals surface area contributed by atoms with Crippen molar-refractivity contribution in [1.29, 1.82) is 0 Å². The van der Waals surface area contributed by atoms with Gasteiger partial charge >= 0.3 is 0 Å². The number of rotatable bonds is 10. The van der Waals surface area contributed by atoms with Gasteiger partial charge in [0.1, 0.15) is 6.61 Å². The van der Waals surface area contributed by atoms with Crippen LogP contribution in [-0.2, 0) is 22.5 Å². The Balaban J connectivity index is 1.47. The van der Waals surface area contributed by atoms with Crippen molar-refractivity contribution in [3.8, 4) is 5.69 Å². The van der Waals surface area contributed by atoms with Crippen molar-refractivity contribution in [3.05, 3.63) is 114 Å². The summed E-state index contributed by atoms with van der Waals surface area (Å²) in [5, 5.41) is 7.01. The first-order valence-electron chi connectivity index (χ1n) is 11.4. The van der Waals surface area contributed by atoms with Gasteiger partial charge in [-0.3, -0.25) is 9.59 Å². The maximum absolute atomic E-state index is 13.4. The van der Waals surface area contributed by atoms with E-state index >= 15 is 0 Å². The Morgan fingerprint density at radius 2 is 1.57 bits per heavy atom. The number of ether oxygens (including phenoxy) is 1. The Morgan fingerprint density at radius 1 is 0.914 bits per heavy atom. The molecule has 0 saturated heterocycles. The van der Waals surface area contributed by atoms with Gasteiger partial charge in [0.05, 0.1) is 23.8 Å². The van der Waals surface area contributed by atoms with Crippen LogP contribution in [0, 0.1) is 0 Å². The molecule has 0 aliphatic heterocycles. The highest BCUT2D eigenvalue weighted by Crippen LogP contribution is 2.16. The summed E-state index contributed by atoms with van der Waals surface area (Å²) in [6.07, 6.45) is 4.06. The van der Waals surface area contributed by atoms with Gasteiger partial charge in [0.2, 0.25) is 5.91 Å². The van der Waals surface area contributed by atoms with E-state index < -0.39 is 0 Å². The number of methoxy groups -OCH3 is 1. The summed E-state index contributed by atoms with van der Waals surface area (Å²) in [5.41, 5.74) is 4.25. The van der Waals surface area contributed by atoms with E-state index in [1.54, 1.807) is 17.1 Å². The van der Waals surface area contributed by atoms with Crippen molar-refractivity contribution in [3.63, 3.8) is 0 Å². The van der Waals surface area contributed by atoms with Crippen LogP contribution in [0.25, 0.3) is 5.69 Å². The van der Waals surface area contributed by atoms with Crippen LogP contribution in [0.4, 0.5) is 5.69 Å². The molecule has 178 valence electrons. The number of carbonyl (C=O) groups is 2. The highest BCUT2D eigenvalue weighted by Gasteiger charge is 2.17. The van der Waals surface area contributed by atoms with Gasteiger partial charge in [-0.1, -0.05) is 60.7 Å². The monoisotopic (exact) mass is 468 g/mol. The topological polar surface area (TPSA) is 76.5 Å². The Kier molecular flexibility index (Phi) is 8.04. The molecule has 35 heavy (non-hydrogen) atoms. The lowest BCUT2D eigenvalue weighted by Crippen LogP contribution is -2.32. The smallest absolute Gasteiger partial charge is 0.254 e. The zero-order valence-corrected chi connectivity index (χ0v) is 19.6. The van der Waals surface area contributed by atoms with Crippen molar-refractivity contribution < 1.29 is 14.3 Å². The maximum Gasteiger partial charge on any atom is 0.254 e. The predicted molar refractivity (Wildman–Crippen MR) is 135 cm³/mol. The van der Waals surface area contributed by atoms with Gasteiger partial charge < -0.3 is 15.0 Å². The molecule has 4 aromatic rings.